The molecule has 1 atom stereocenters. The first kappa shape index (κ1) is 20.2. The van der Waals surface area contributed by atoms with Crippen molar-refractivity contribution in [3.05, 3.63) is 24.3 Å². The zero-order chi connectivity index (χ0) is 20.4. The molecule has 5 rings (SSSR count). The van der Waals surface area contributed by atoms with Gasteiger partial charge in [-0.15, -0.1) is 11.8 Å². The number of carbonyl (C=O) groups excluding carboxylic acids is 1. The lowest BCUT2D eigenvalue weighted by molar-refractivity contribution is -0.123. The van der Waals surface area contributed by atoms with Gasteiger partial charge in [-0.25, -0.2) is 0 Å². The molecule has 162 valence electrons. The average Bonchev–Trinajstić information content (AvgIpc) is 3.34. The number of aromatic amines is 1. The van der Waals surface area contributed by atoms with Crippen LogP contribution in [0.2, 0.25) is 0 Å². The Bertz CT molecular complexity index is 869. The third-order valence-corrected chi connectivity index (χ3v) is 8.73. The van der Waals surface area contributed by atoms with Crippen LogP contribution in [0.3, 0.4) is 0 Å². The topological polar surface area (TPSA) is 64.3 Å². The highest BCUT2D eigenvalue weighted by Crippen LogP contribution is 2.46. The third-order valence-electron chi connectivity index (χ3n) is 7.05. The number of fused-ring (bicyclic) bond motifs is 1. The van der Waals surface area contributed by atoms with Gasteiger partial charge in [0.15, 0.2) is 5.82 Å². The quantitative estimate of drug-likeness (QED) is 0.688. The number of aromatic nitrogens is 2. The molecule has 2 saturated heterocycles. The second-order valence-electron chi connectivity index (χ2n) is 9.05. The molecule has 0 radical (unpaired) electrons. The van der Waals surface area contributed by atoms with Crippen LogP contribution in [0.4, 0.5) is 5.82 Å². The van der Waals surface area contributed by atoms with E-state index in [-0.39, 0.29) is 4.75 Å². The van der Waals surface area contributed by atoms with Crippen LogP contribution in [0.5, 0.6) is 0 Å². The zero-order valence-corrected chi connectivity index (χ0v) is 18.6. The minimum Gasteiger partial charge on any atom is -0.352 e. The van der Waals surface area contributed by atoms with Crippen molar-refractivity contribution in [2.45, 2.75) is 61.5 Å². The molecular formula is C23H33N5OS. The highest BCUT2D eigenvalue weighted by Gasteiger charge is 2.47. The van der Waals surface area contributed by atoms with Gasteiger partial charge in [-0.05, 0) is 50.8 Å². The number of rotatable bonds is 6. The summed E-state index contributed by atoms with van der Waals surface area (Å²) in [6.07, 6.45) is 9.40. The zero-order valence-electron chi connectivity index (χ0n) is 17.7. The van der Waals surface area contributed by atoms with Gasteiger partial charge >= 0.3 is 0 Å². The number of benzene rings is 1. The molecule has 0 bridgehead atoms. The summed E-state index contributed by atoms with van der Waals surface area (Å²) in [7, 11) is 0. The first-order valence-electron chi connectivity index (χ1n) is 11.6. The Morgan fingerprint density at radius 2 is 1.87 bits per heavy atom. The molecule has 2 N–H and O–H groups in total. The van der Waals surface area contributed by atoms with Crippen LogP contribution in [-0.2, 0) is 4.79 Å². The van der Waals surface area contributed by atoms with Gasteiger partial charge in [-0.3, -0.25) is 14.8 Å². The van der Waals surface area contributed by atoms with Crippen LogP contribution in [0.25, 0.3) is 10.9 Å². The van der Waals surface area contributed by atoms with E-state index in [1.54, 1.807) is 0 Å². The number of H-pyrrole nitrogens is 1. The number of piperazine rings is 1. The Balaban J connectivity index is 1.03. The van der Waals surface area contributed by atoms with Crippen LogP contribution in [-0.4, -0.2) is 63.8 Å². The monoisotopic (exact) mass is 427 g/mol. The number of carbonyl (C=O) groups is 1. The molecule has 3 aliphatic rings. The lowest BCUT2D eigenvalue weighted by Crippen LogP contribution is -2.46. The molecule has 1 aliphatic carbocycles. The van der Waals surface area contributed by atoms with Crippen molar-refractivity contribution in [2.75, 3.05) is 37.6 Å². The minimum atomic E-state index is -0.0876. The van der Waals surface area contributed by atoms with E-state index in [1.807, 2.05) is 17.8 Å². The number of hydrogen-bond acceptors (Lipinski definition) is 5. The molecule has 1 spiro atoms. The van der Waals surface area contributed by atoms with Gasteiger partial charge in [0, 0.05) is 31.6 Å². The van der Waals surface area contributed by atoms with E-state index in [0.717, 1.165) is 63.3 Å². The average molecular weight is 428 g/mol. The van der Waals surface area contributed by atoms with Gasteiger partial charge < -0.3 is 10.2 Å². The fourth-order valence-corrected chi connectivity index (χ4v) is 6.96. The Labute approximate surface area is 183 Å². The van der Waals surface area contributed by atoms with Crippen LogP contribution in [0, 0.1) is 0 Å². The third kappa shape index (κ3) is 4.06. The largest absolute Gasteiger partial charge is 0.352 e. The van der Waals surface area contributed by atoms with E-state index in [0.29, 0.717) is 11.3 Å². The molecule has 7 heteroatoms. The van der Waals surface area contributed by atoms with E-state index >= 15 is 0 Å². The predicted molar refractivity (Wildman–Crippen MR) is 124 cm³/mol. The summed E-state index contributed by atoms with van der Waals surface area (Å²) in [5, 5.41) is 12.5. The first-order valence-corrected chi connectivity index (χ1v) is 12.5. The van der Waals surface area contributed by atoms with Gasteiger partial charge in [-0.2, -0.15) is 5.10 Å². The molecule has 3 fully saturated rings. The maximum atomic E-state index is 12.5. The highest BCUT2D eigenvalue weighted by molar-refractivity contribution is 8.02. The normalized spacial score (nSPS) is 24.6. The molecule has 1 amide bonds. The van der Waals surface area contributed by atoms with Gasteiger partial charge in [0.1, 0.15) is 0 Å². The Morgan fingerprint density at radius 3 is 2.70 bits per heavy atom. The van der Waals surface area contributed by atoms with E-state index in [4.69, 9.17) is 0 Å². The number of para-hydroxylation sites is 1. The Hall–Kier alpha value is -1.73. The van der Waals surface area contributed by atoms with E-state index in [1.165, 1.54) is 37.5 Å². The number of anilines is 1. The lowest BCUT2D eigenvalue weighted by atomic mass is 9.88. The van der Waals surface area contributed by atoms with Gasteiger partial charge in [0.05, 0.1) is 15.6 Å². The number of unbranched alkanes of at least 4 members (excludes halogenated alkanes) is 1. The molecular weight excluding hydrogens is 394 g/mol. The second-order valence-corrected chi connectivity index (χ2v) is 10.6. The maximum absolute atomic E-state index is 12.5. The highest BCUT2D eigenvalue weighted by atomic mass is 32.2. The fourth-order valence-electron chi connectivity index (χ4n) is 5.27. The Kier molecular flexibility index (Phi) is 5.92. The molecule has 1 unspecified atom stereocenters. The first-order chi connectivity index (χ1) is 14.7. The van der Waals surface area contributed by atoms with Crippen molar-refractivity contribution in [1.29, 1.82) is 0 Å². The number of thioether (sulfide) groups is 1. The summed E-state index contributed by atoms with van der Waals surface area (Å²) in [5.74, 6) is 1.41. The molecule has 1 aromatic heterocycles. The lowest BCUT2D eigenvalue weighted by Gasteiger charge is -2.35. The second kappa shape index (κ2) is 8.79. The summed E-state index contributed by atoms with van der Waals surface area (Å²) in [5.41, 5.74) is 1.11. The van der Waals surface area contributed by atoms with Gasteiger partial charge in [0.2, 0.25) is 5.91 Å². The molecule has 6 nitrogen and oxygen atoms in total. The van der Waals surface area contributed by atoms with Crippen molar-refractivity contribution in [1.82, 2.24) is 20.4 Å². The molecule has 3 heterocycles. The van der Waals surface area contributed by atoms with Crippen LogP contribution < -0.4 is 10.2 Å². The summed E-state index contributed by atoms with van der Waals surface area (Å²) in [6.45, 7) is 5.42. The molecule has 1 saturated carbocycles. The fraction of sp³-hybridized carbons (Fsp3) is 0.652. The SMILES string of the molecule is O=C1NC(CCCCN2CCN(c3n[nH]c4ccccc34)CC2)SC12CCCCC2. The van der Waals surface area contributed by atoms with Crippen molar-refractivity contribution < 1.29 is 4.79 Å². The smallest absolute Gasteiger partial charge is 0.237 e. The van der Waals surface area contributed by atoms with Crippen LogP contribution in [0.1, 0.15) is 51.4 Å². The van der Waals surface area contributed by atoms with Crippen LogP contribution >= 0.6 is 11.8 Å². The summed E-state index contributed by atoms with van der Waals surface area (Å²) < 4.78 is -0.0876. The molecule has 2 aliphatic heterocycles. The van der Waals surface area contributed by atoms with Gasteiger partial charge in [-0.1, -0.05) is 31.4 Å². The predicted octanol–water partition coefficient (Wildman–Crippen LogP) is 3.75. The number of nitrogens with zero attached hydrogens (tertiary/aromatic N) is 3. The van der Waals surface area contributed by atoms with Gasteiger partial charge in [0.25, 0.3) is 0 Å². The van der Waals surface area contributed by atoms with E-state index < -0.39 is 0 Å². The van der Waals surface area contributed by atoms with Crippen LogP contribution in [0.15, 0.2) is 24.3 Å². The van der Waals surface area contributed by atoms with Crippen molar-refractivity contribution in [2.24, 2.45) is 0 Å². The standard InChI is InChI=1S/C23H33N5OS/c29-22-23(11-5-1-6-12-23)30-20(24-22)10-4-7-13-27-14-16-28(17-15-27)21-18-8-2-3-9-19(18)25-26-21/h2-3,8-9,20H,1,4-7,10-17H2,(H,24,29)(H,25,26). The summed E-state index contributed by atoms with van der Waals surface area (Å²) in [6, 6.07) is 8.37. The maximum Gasteiger partial charge on any atom is 0.237 e. The van der Waals surface area contributed by atoms with E-state index in [2.05, 4.69) is 43.5 Å². The number of hydrogen-bond donors (Lipinski definition) is 2. The molecule has 2 aromatic rings. The number of amides is 1. The number of nitrogens with one attached hydrogen (secondary N) is 2. The van der Waals surface area contributed by atoms with Crippen molar-refractivity contribution in [3.8, 4) is 0 Å². The van der Waals surface area contributed by atoms with Crippen molar-refractivity contribution >= 4 is 34.4 Å². The minimum absolute atomic E-state index is 0.0876. The summed E-state index contributed by atoms with van der Waals surface area (Å²) in [4.78, 5) is 17.5. The molecule has 1 aromatic carbocycles. The summed E-state index contributed by atoms with van der Waals surface area (Å²) >= 11 is 1.94. The Morgan fingerprint density at radius 1 is 1.07 bits per heavy atom. The van der Waals surface area contributed by atoms with E-state index in [9.17, 15) is 4.79 Å². The van der Waals surface area contributed by atoms with Crippen molar-refractivity contribution in [3.63, 3.8) is 0 Å². The molecule has 30 heavy (non-hydrogen) atoms.